The first-order chi connectivity index (χ1) is 10.1. The van der Waals surface area contributed by atoms with Gasteiger partial charge in [0.15, 0.2) is 0 Å². The topological polar surface area (TPSA) is 34.2 Å². The molecule has 3 nitrogen and oxygen atoms in total. The zero-order valence-electron chi connectivity index (χ0n) is 12.1. The molecule has 21 heavy (non-hydrogen) atoms. The Morgan fingerprint density at radius 2 is 2.14 bits per heavy atom. The number of aromatic nitrogens is 1. The van der Waals surface area contributed by atoms with Crippen LogP contribution in [0.3, 0.4) is 0 Å². The van der Waals surface area contributed by atoms with Gasteiger partial charge < -0.3 is 10.1 Å². The molecule has 1 aromatic heterocycles. The number of ether oxygens (including phenoxy) is 1. The molecule has 0 aliphatic rings. The lowest BCUT2D eigenvalue weighted by molar-refractivity contribution is 0.445. The summed E-state index contributed by atoms with van der Waals surface area (Å²) in [5, 5.41) is 3.32. The van der Waals surface area contributed by atoms with E-state index in [4.69, 9.17) is 4.74 Å². The molecule has 0 atom stereocenters. The Morgan fingerprint density at radius 3 is 2.90 bits per heavy atom. The Balaban J connectivity index is 2.24. The number of nitrogens with zero attached hydrogens (tertiary/aromatic N) is 1. The summed E-state index contributed by atoms with van der Waals surface area (Å²) in [5.74, 6) is 0.662. The van der Waals surface area contributed by atoms with Gasteiger partial charge in [0.2, 0.25) is 5.88 Å². The zero-order valence-corrected chi connectivity index (χ0v) is 13.7. The van der Waals surface area contributed by atoms with Crippen molar-refractivity contribution in [3.8, 4) is 11.6 Å². The van der Waals surface area contributed by atoms with Crippen LogP contribution in [0.1, 0.15) is 24.5 Å². The molecular weight excluding hydrogens is 335 g/mol. The smallest absolute Gasteiger partial charge is 0.223 e. The van der Waals surface area contributed by atoms with Crippen molar-refractivity contribution in [1.29, 1.82) is 0 Å². The Kier molecular flexibility index (Phi) is 5.70. The van der Waals surface area contributed by atoms with Gasteiger partial charge in [-0.2, -0.15) is 0 Å². The van der Waals surface area contributed by atoms with E-state index in [0.29, 0.717) is 18.2 Å². The molecule has 1 aromatic carbocycles. The standard InChI is InChI=1S/C16H18BrFN2O/c1-3-6-19-9-12-7-13(17)10-20-16(12)21-15-8-14(18)5-4-11(15)2/h4-5,7-8,10,19H,3,6,9H2,1-2H3. The van der Waals surface area contributed by atoms with Crippen molar-refractivity contribution in [2.24, 2.45) is 0 Å². The second-order valence-corrected chi connectivity index (χ2v) is 5.72. The van der Waals surface area contributed by atoms with Gasteiger partial charge in [0.1, 0.15) is 11.6 Å². The van der Waals surface area contributed by atoms with Crippen molar-refractivity contribution in [2.75, 3.05) is 6.54 Å². The van der Waals surface area contributed by atoms with Crippen molar-refractivity contribution in [3.05, 3.63) is 51.9 Å². The number of rotatable bonds is 6. The maximum Gasteiger partial charge on any atom is 0.223 e. The van der Waals surface area contributed by atoms with Crippen LogP contribution in [0.2, 0.25) is 0 Å². The predicted molar refractivity (Wildman–Crippen MR) is 85.1 cm³/mol. The van der Waals surface area contributed by atoms with Crippen molar-refractivity contribution in [1.82, 2.24) is 10.3 Å². The van der Waals surface area contributed by atoms with Crippen LogP contribution in [0, 0.1) is 12.7 Å². The van der Waals surface area contributed by atoms with Gasteiger partial charge in [-0.15, -0.1) is 0 Å². The van der Waals surface area contributed by atoms with Gasteiger partial charge in [-0.25, -0.2) is 9.37 Å². The van der Waals surface area contributed by atoms with Gasteiger partial charge >= 0.3 is 0 Å². The first-order valence-corrected chi connectivity index (χ1v) is 7.68. The fourth-order valence-corrected chi connectivity index (χ4v) is 2.25. The van der Waals surface area contributed by atoms with E-state index in [0.717, 1.165) is 28.6 Å². The maximum atomic E-state index is 13.3. The third-order valence-corrected chi connectivity index (χ3v) is 3.42. The molecule has 0 aliphatic heterocycles. The normalized spacial score (nSPS) is 10.7. The summed E-state index contributed by atoms with van der Waals surface area (Å²) in [6.45, 7) is 5.57. The molecule has 0 spiro atoms. The highest BCUT2D eigenvalue weighted by Gasteiger charge is 2.10. The maximum absolute atomic E-state index is 13.3. The van der Waals surface area contributed by atoms with E-state index in [2.05, 4.69) is 33.2 Å². The number of hydrogen-bond acceptors (Lipinski definition) is 3. The summed E-state index contributed by atoms with van der Waals surface area (Å²) in [5.41, 5.74) is 1.80. The Bertz CT molecular complexity index is 619. The third-order valence-electron chi connectivity index (χ3n) is 2.99. The summed E-state index contributed by atoms with van der Waals surface area (Å²) in [4.78, 5) is 4.29. The number of hydrogen-bond donors (Lipinski definition) is 1. The second-order valence-electron chi connectivity index (χ2n) is 4.81. The average molecular weight is 353 g/mol. The molecule has 0 bridgehead atoms. The highest BCUT2D eigenvalue weighted by atomic mass is 79.9. The summed E-state index contributed by atoms with van der Waals surface area (Å²) < 4.78 is 20.0. The number of benzene rings is 1. The largest absolute Gasteiger partial charge is 0.438 e. The van der Waals surface area contributed by atoms with E-state index in [-0.39, 0.29) is 5.82 Å². The summed E-state index contributed by atoms with van der Waals surface area (Å²) in [6.07, 6.45) is 2.73. The lowest BCUT2D eigenvalue weighted by atomic mass is 10.2. The Labute approximate surface area is 132 Å². The Hall–Kier alpha value is -1.46. The monoisotopic (exact) mass is 352 g/mol. The second kappa shape index (κ2) is 7.52. The van der Waals surface area contributed by atoms with Crippen LogP contribution in [0.5, 0.6) is 11.6 Å². The lowest BCUT2D eigenvalue weighted by Gasteiger charge is -2.12. The number of aryl methyl sites for hydroxylation is 1. The van der Waals surface area contributed by atoms with Gasteiger partial charge in [0, 0.05) is 28.8 Å². The molecule has 0 aliphatic carbocycles. The van der Waals surface area contributed by atoms with E-state index in [1.165, 1.54) is 12.1 Å². The van der Waals surface area contributed by atoms with Crippen LogP contribution >= 0.6 is 15.9 Å². The highest BCUT2D eigenvalue weighted by Crippen LogP contribution is 2.28. The lowest BCUT2D eigenvalue weighted by Crippen LogP contribution is -2.14. The highest BCUT2D eigenvalue weighted by molar-refractivity contribution is 9.10. The van der Waals surface area contributed by atoms with E-state index in [1.54, 1.807) is 12.3 Å². The Morgan fingerprint density at radius 1 is 1.33 bits per heavy atom. The molecule has 2 aromatic rings. The van der Waals surface area contributed by atoms with Crippen LogP contribution in [-0.2, 0) is 6.54 Å². The van der Waals surface area contributed by atoms with Crippen molar-refractivity contribution >= 4 is 15.9 Å². The minimum Gasteiger partial charge on any atom is -0.438 e. The van der Waals surface area contributed by atoms with Gasteiger partial charge in [0.05, 0.1) is 0 Å². The summed E-state index contributed by atoms with van der Waals surface area (Å²) in [6, 6.07) is 6.45. The van der Waals surface area contributed by atoms with E-state index >= 15 is 0 Å². The molecule has 0 saturated heterocycles. The SMILES string of the molecule is CCCNCc1cc(Br)cnc1Oc1cc(F)ccc1C. The van der Waals surface area contributed by atoms with Crippen LogP contribution in [-0.4, -0.2) is 11.5 Å². The zero-order chi connectivity index (χ0) is 15.2. The van der Waals surface area contributed by atoms with Crippen LogP contribution in [0.15, 0.2) is 34.9 Å². The number of pyridine rings is 1. The number of halogens is 2. The number of nitrogens with one attached hydrogen (secondary N) is 1. The molecule has 5 heteroatoms. The van der Waals surface area contributed by atoms with E-state index in [1.807, 2.05) is 13.0 Å². The molecule has 0 unspecified atom stereocenters. The van der Waals surface area contributed by atoms with E-state index < -0.39 is 0 Å². The minimum absolute atomic E-state index is 0.321. The van der Waals surface area contributed by atoms with Gasteiger partial charge in [-0.3, -0.25) is 0 Å². The van der Waals surface area contributed by atoms with Crippen LogP contribution in [0.4, 0.5) is 4.39 Å². The quantitative estimate of drug-likeness (QED) is 0.772. The first-order valence-electron chi connectivity index (χ1n) is 6.89. The summed E-state index contributed by atoms with van der Waals surface area (Å²) in [7, 11) is 0. The van der Waals surface area contributed by atoms with Crippen molar-refractivity contribution < 1.29 is 9.13 Å². The molecular formula is C16H18BrFN2O. The molecule has 0 saturated carbocycles. The molecule has 0 amide bonds. The van der Waals surface area contributed by atoms with Crippen LogP contribution in [0.25, 0.3) is 0 Å². The molecule has 112 valence electrons. The molecule has 1 heterocycles. The van der Waals surface area contributed by atoms with Crippen LogP contribution < -0.4 is 10.1 Å². The minimum atomic E-state index is -0.321. The molecule has 1 N–H and O–H groups in total. The third kappa shape index (κ3) is 4.51. The average Bonchev–Trinajstić information content (AvgIpc) is 2.46. The molecule has 0 fully saturated rings. The van der Waals surface area contributed by atoms with Gasteiger partial charge in [0.25, 0.3) is 0 Å². The van der Waals surface area contributed by atoms with E-state index in [9.17, 15) is 4.39 Å². The predicted octanol–water partition coefficient (Wildman–Crippen LogP) is 4.58. The fraction of sp³-hybridized carbons (Fsp3) is 0.312. The molecule has 2 rings (SSSR count). The fourth-order valence-electron chi connectivity index (χ4n) is 1.88. The van der Waals surface area contributed by atoms with Crippen molar-refractivity contribution in [2.45, 2.75) is 26.8 Å². The first kappa shape index (κ1) is 15.9. The summed E-state index contributed by atoms with van der Waals surface area (Å²) >= 11 is 3.41. The van der Waals surface area contributed by atoms with Gasteiger partial charge in [-0.05, 0) is 53.5 Å². The van der Waals surface area contributed by atoms with Gasteiger partial charge in [-0.1, -0.05) is 13.0 Å². The van der Waals surface area contributed by atoms with Crippen molar-refractivity contribution in [3.63, 3.8) is 0 Å². The molecule has 0 radical (unpaired) electrons.